The quantitative estimate of drug-likeness (QED) is 0.689. The molecule has 0 spiro atoms. The van der Waals surface area contributed by atoms with Crippen molar-refractivity contribution in [3.05, 3.63) is 70.2 Å². The number of carbonyl (C=O) groups excluding carboxylic acids is 1. The van der Waals surface area contributed by atoms with Crippen molar-refractivity contribution in [1.82, 2.24) is 5.32 Å². The maximum absolute atomic E-state index is 13.7. The zero-order valence-electron chi connectivity index (χ0n) is 12.7. The SMILES string of the molecule is O=C(Cc1c(F)cccc1Cl)NCCc1ccc(-c2ccoc2)s1. The van der Waals surface area contributed by atoms with Gasteiger partial charge in [0.15, 0.2) is 0 Å². The summed E-state index contributed by atoms with van der Waals surface area (Å²) < 4.78 is 18.7. The third kappa shape index (κ3) is 4.04. The Bertz CT molecular complexity index is 809. The van der Waals surface area contributed by atoms with E-state index in [9.17, 15) is 9.18 Å². The van der Waals surface area contributed by atoms with Crippen molar-refractivity contribution < 1.29 is 13.6 Å². The van der Waals surface area contributed by atoms with E-state index >= 15 is 0 Å². The molecule has 1 aromatic carbocycles. The molecule has 0 aliphatic carbocycles. The standard InChI is InChI=1S/C18H15ClFNO2S/c19-15-2-1-3-16(20)14(15)10-18(22)21-8-6-13-4-5-17(24-13)12-7-9-23-11-12/h1-5,7,9,11H,6,8,10H2,(H,21,22). The Kier molecular flexibility index (Phi) is 5.33. The number of hydrogen-bond donors (Lipinski definition) is 1. The molecule has 0 bridgehead atoms. The van der Waals surface area contributed by atoms with Gasteiger partial charge in [-0.3, -0.25) is 4.79 Å². The number of amides is 1. The van der Waals surface area contributed by atoms with E-state index in [1.54, 1.807) is 29.9 Å². The molecule has 24 heavy (non-hydrogen) atoms. The molecule has 3 aromatic rings. The highest BCUT2D eigenvalue weighted by Crippen LogP contribution is 2.28. The minimum atomic E-state index is -0.458. The van der Waals surface area contributed by atoms with Crippen molar-refractivity contribution in [3.63, 3.8) is 0 Å². The van der Waals surface area contributed by atoms with Gasteiger partial charge in [0, 0.05) is 32.4 Å². The molecule has 0 saturated heterocycles. The lowest BCUT2D eigenvalue weighted by Gasteiger charge is -2.07. The summed E-state index contributed by atoms with van der Waals surface area (Å²) in [5.41, 5.74) is 1.28. The molecule has 3 nitrogen and oxygen atoms in total. The lowest BCUT2D eigenvalue weighted by Crippen LogP contribution is -2.27. The smallest absolute Gasteiger partial charge is 0.224 e. The second-order valence-electron chi connectivity index (χ2n) is 5.25. The number of furan rings is 1. The molecule has 0 saturated carbocycles. The Balaban J connectivity index is 1.50. The van der Waals surface area contributed by atoms with Gasteiger partial charge in [0.25, 0.3) is 0 Å². The zero-order chi connectivity index (χ0) is 16.9. The monoisotopic (exact) mass is 363 g/mol. The van der Waals surface area contributed by atoms with Crippen LogP contribution in [0.5, 0.6) is 0 Å². The van der Waals surface area contributed by atoms with E-state index in [1.165, 1.54) is 12.1 Å². The van der Waals surface area contributed by atoms with Gasteiger partial charge in [-0.05, 0) is 36.8 Å². The van der Waals surface area contributed by atoms with E-state index in [-0.39, 0.29) is 22.9 Å². The van der Waals surface area contributed by atoms with Crippen LogP contribution in [0.25, 0.3) is 10.4 Å². The van der Waals surface area contributed by atoms with Crippen LogP contribution in [0.3, 0.4) is 0 Å². The Morgan fingerprint density at radius 1 is 1.25 bits per heavy atom. The molecule has 1 amide bonds. The third-order valence-corrected chi connectivity index (χ3v) is 5.11. The number of nitrogens with one attached hydrogen (secondary N) is 1. The summed E-state index contributed by atoms with van der Waals surface area (Å²) >= 11 is 7.59. The molecule has 6 heteroatoms. The first-order valence-corrected chi connectivity index (χ1v) is 8.64. The highest BCUT2D eigenvalue weighted by Gasteiger charge is 2.11. The van der Waals surface area contributed by atoms with Gasteiger partial charge in [0.05, 0.1) is 18.9 Å². The van der Waals surface area contributed by atoms with Gasteiger partial charge in [0.2, 0.25) is 5.91 Å². The highest BCUT2D eigenvalue weighted by atomic mass is 35.5. The molecular weight excluding hydrogens is 349 g/mol. The van der Waals surface area contributed by atoms with E-state index in [1.807, 2.05) is 18.2 Å². The van der Waals surface area contributed by atoms with E-state index in [0.717, 1.165) is 21.7 Å². The number of halogens is 2. The molecule has 124 valence electrons. The van der Waals surface area contributed by atoms with Crippen LogP contribution in [0.4, 0.5) is 4.39 Å². The van der Waals surface area contributed by atoms with Crippen molar-refractivity contribution in [2.75, 3.05) is 6.54 Å². The Morgan fingerprint density at radius 2 is 2.12 bits per heavy atom. The number of hydrogen-bond acceptors (Lipinski definition) is 3. The van der Waals surface area contributed by atoms with Gasteiger partial charge in [0.1, 0.15) is 5.82 Å². The minimum Gasteiger partial charge on any atom is -0.472 e. The Morgan fingerprint density at radius 3 is 2.88 bits per heavy atom. The van der Waals surface area contributed by atoms with Crippen LogP contribution in [0, 0.1) is 5.82 Å². The lowest BCUT2D eigenvalue weighted by atomic mass is 10.1. The second-order valence-corrected chi connectivity index (χ2v) is 6.83. The fourth-order valence-corrected chi connectivity index (χ4v) is 3.54. The molecule has 0 atom stereocenters. The van der Waals surface area contributed by atoms with E-state index in [0.29, 0.717) is 6.54 Å². The normalized spacial score (nSPS) is 10.8. The summed E-state index contributed by atoms with van der Waals surface area (Å²) in [5, 5.41) is 3.07. The molecule has 0 aliphatic heterocycles. The molecule has 0 radical (unpaired) electrons. The predicted octanol–water partition coefficient (Wildman–Crippen LogP) is 4.70. The summed E-state index contributed by atoms with van der Waals surface area (Å²) in [5.74, 6) is -0.700. The number of benzene rings is 1. The fraction of sp³-hybridized carbons (Fsp3) is 0.167. The van der Waals surface area contributed by atoms with Crippen molar-refractivity contribution in [2.45, 2.75) is 12.8 Å². The topological polar surface area (TPSA) is 42.2 Å². The van der Waals surface area contributed by atoms with Crippen molar-refractivity contribution in [3.8, 4) is 10.4 Å². The zero-order valence-corrected chi connectivity index (χ0v) is 14.3. The van der Waals surface area contributed by atoms with Crippen molar-refractivity contribution >= 4 is 28.8 Å². The number of carbonyl (C=O) groups is 1. The number of thiophene rings is 1. The van der Waals surface area contributed by atoms with Crippen LogP contribution in [-0.4, -0.2) is 12.5 Å². The van der Waals surface area contributed by atoms with Gasteiger partial charge in [-0.1, -0.05) is 17.7 Å². The van der Waals surface area contributed by atoms with Crippen LogP contribution in [0.1, 0.15) is 10.4 Å². The van der Waals surface area contributed by atoms with E-state index in [2.05, 4.69) is 5.32 Å². The van der Waals surface area contributed by atoms with Crippen molar-refractivity contribution in [1.29, 1.82) is 0 Å². The Hall–Kier alpha value is -2.11. The van der Waals surface area contributed by atoms with E-state index in [4.69, 9.17) is 16.0 Å². The van der Waals surface area contributed by atoms with Crippen LogP contribution in [-0.2, 0) is 17.6 Å². The van der Waals surface area contributed by atoms with Gasteiger partial charge < -0.3 is 9.73 Å². The molecule has 0 unspecified atom stereocenters. The van der Waals surface area contributed by atoms with Gasteiger partial charge in [-0.15, -0.1) is 11.3 Å². The molecule has 1 N–H and O–H groups in total. The van der Waals surface area contributed by atoms with Crippen LogP contribution in [0.2, 0.25) is 5.02 Å². The minimum absolute atomic E-state index is 0.0593. The summed E-state index contributed by atoms with van der Waals surface area (Å²) in [4.78, 5) is 14.2. The third-order valence-electron chi connectivity index (χ3n) is 3.56. The highest BCUT2D eigenvalue weighted by molar-refractivity contribution is 7.15. The summed E-state index contributed by atoms with van der Waals surface area (Å²) in [6.07, 6.45) is 4.01. The average Bonchev–Trinajstić information content (AvgIpc) is 3.22. The summed E-state index contributed by atoms with van der Waals surface area (Å²) in [7, 11) is 0. The molecule has 2 aromatic heterocycles. The number of rotatable bonds is 6. The molecule has 3 rings (SSSR count). The van der Waals surface area contributed by atoms with Crippen molar-refractivity contribution in [2.24, 2.45) is 0 Å². The molecular formula is C18H15ClFNO2S. The Labute approximate surface area is 148 Å². The molecule has 0 fully saturated rings. The first kappa shape index (κ1) is 16.7. The summed E-state index contributed by atoms with van der Waals surface area (Å²) in [6.45, 7) is 0.496. The van der Waals surface area contributed by atoms with E-state index < -0.39 is 5.82 Å². The first-order chi connectivity index (χ1) is 11.6. The fourth-order valence-electron chi connectivity index (χ4n) is 2.32. The largest absolute Gasteiger partial charge is 0.472 e. The molecule has 2 heterocycles. The summed E-state index contributed by atoms with van der Waals surface area (Å²) in [6, 6.07) is 10.4. The maximum atomic E-state index is 13.7. The maximum Gasteiger partial charge on any atom is 0.224 e. The van der Waals surface area contributed by atoms with Gasteiger partial charge in [-0.2, -0.15) is 0 Å². The average molecular weight is 364 g/mol. The second kappa shape index (κ2) is 7.64. The van der Waals surface area contributed by atoms with Crippen LogP contribution in [0.15, 0.2) is 53.3 Å². The predicted molar refractivity (Wildman–Crippen MR) is 93.8 cm³/mol. The molecule has 0 aliphatic rings. The van der Waals surface area contributed by atoms with Gasteiger partial charge in [-0.25, -0.2) is 4.39 Å². The van der Waals surface area contributed by atoms with Crippen LogP contribution >= 0.6 is 22.9 Å². The lowest BCUT2D eigenvalue weighted by molar-refractivity contribution is -0.120. The first-order valence-electron chi connectivity index (χ1n) is 7.44. The van der Waals surface area contributed by atoms with Gasteiger partial charge >= 0.3 is 0 Å². The van der Waals surface area contributed by atoms with Crippen LogP contribution < -0.4 is 5.32 Å².